The Bertz CT molecular complexity index is 1550. The zero-order chi connectivity index (χ0) is 28.8. The van der Waals surface area contributed by atoms with Gasteiger partial charge >= 0.3 is 0 Å². The Balaban J connectivity index is 1.37. The van der Waals surface area contributed by atoms with Crippen LogP contribution in [0, 0.1) is 5.82 Å². The third kappa shape index (κ3) is 7.27. The number of hydrogen-bond acceptors (Lipinski definition) is 4. The molecule has 8 heteroatoms. The maximum absolute atomic E-state index is 13.8. The number of nitrogens with zero attached hydrogens (tertiary/aromatic N) is 3. The second kappa shape index (κ2) is 13.5. The van der Waals surface area contributed by atoms with Gasteiger partial charge in [-0.2, -0.15) is 4.98 Å². The van der Waals surface area contributed by atoms with Gasteiger partial charge in [-0.25, -0.2) is 4.39 Å². The Labute approximate surface area is 249 Å². The maximum Gasteiger partial charge on any atom is 0.277 e. The fraction of sp³-hybridized carbons (Fsp3) is 0.303. The summed E-state index contributed by atoms with van der Waals surface area (Å²) < 4.78 is 15.4. The highest BCUT2D eigenvalue weighted by atomic mass is 35.5. The fourth-order valence-corrected chi connectivity index (χ4v) is 6.30. The molecule has 0 saturated carbocycles. The highest BCUT2D eigenvalue weighted by Crippen LogP contribution is 2.27. The molecule has 1 aromatic heterocycles. The van der Waals surface area contributed by atoms with Crippen LogP contribution in [0.2, 0.25) is 5.02 Å². The summed E-state index contributed by atoms with van der Waals surface area (Å²) in [5.41, 5.74) is 5.61. The first-order valence-corrected chi connectivity index (χ1v) is 15.4. The molecule has 1 heterocycles. The van der Waals surface area contributed by atoms with Crippen molar-refractivity contribution in [3.8, 4) is 11.1 Å². The Kier molecular flexibility index (Phi) is 9.57. The predicted molar refractivity (Wildman–Crippen MR) is 164 cm³/mol. The number of benzene rings is 3. The quantitative estimate of drug-likeness (QED) is 0.144. The van der Waals surface area contributed by atoms with Crippen molar-refractivity contribution in [3.63, 3.8) is 0 Å². The monoisotopic (exact) mass is 589 g/mol. The van der Waals surface area contributed by atoms with Crippen LogP contribution in [0.3, 0.4) is 0 Å². The van der Waals surface area contributed by atoms with Crippen LogP contribution in [0.15, 0.2) is 82.7 Å². The summed E-state index contributed by atoms with van der Waals surface area (Å²) in [5.74, 6) is 0.234. The van der Waals surface area contributed by atoms with Crippen LogP contribution in [0.5, 0.6) is 0 Å². The van der Waals surface area contributed by atoms with E-state index in [4.69, 9.17) is 11.6 Å². The van der Waals surface area contributed by atoms with E-state index in [1.54, 1.807) is 12.1 Å². The van der Waals surface area contributed by atoms with Crippen LogP contribution in [0.25, 0.3) is 11.1 Å². The van der Waals surface area contributed by atoms with Gasteiger partial charge in [0, 0.05) is 35.1 Å². The van der Waals surface area contributed by atoms with E-state index < -0.39 is 0 Å². The summed E-state index contributed by atoms with van der Waals surface area (Å²) in [6, 6.07) is 22.3. The molecule has 3 aromatic carbocycles. The molecule has 0 unspecified atom stereocenters. The summed E-state index contributed by atoms with van der Waals surface area (Å²) in [6.45, 7) is 3.33. The maximum atomic E-state index is 13.8. The molecule has 0 saturated heterocycles. The summed E-state index contributed by atoms with van der Waals surface area (Å²) in [6.07, 6.45) is 4.21. The van der Waals surface area contributed by atoms with Crippen LogP contribution >= 0.6 is 23.4 Å². The molecule has 0 radical (unpaired) electrons. The van der Waals surface area contributed by atoms with Crippen molar-refractivity contribution < 1.29 is 9.18 Å². The number of rotatable bonds is 10. The molecule has 0 fully saturated rings. The second-order valence-corrected chi connectivity index (χ2v) is 11.7. The average molecular weight is 590 g/mol. The number of aromatic nitrogens is 2. The predicted octanol–water partition coefficient (Wildman–Crippen LogP) is 7.31. The zero-order valence-electron chi connectivity index (χ0n) is 23.1. The van der Waals surface area contributed by atoms with Gasteiger partial charge < -0.3 is 9.47 Å². The van der Waals surface area contributed by atoms with E-state index in [-0.39, 0.29) is 23.8 Å². The van der Waals surface area contributed by atoms with Crippen molar-refractivity contribution in [2.75, 3.05) is 6.54 Å². The summed E-state index contributed by atoms with van der Waals surface area (Å²) in [5, 5.41) is 1.24. The molecule has 0 spiro atoms. The van der Waals surface area contributed by atoms with Gasteiger partial charge in [-0.3, -0.25) is 9.59 Å². The molecule has 4 aromatic rings. The molecule has 212 valence electrons. The Morgan fingerprint density at radius 1 is 0.951 bits per heavy atom. The molecule has 5 nitrogen and oxygen atoms in total. The highest BCUT2D eigenvalue weighted by molar-refractivity contribution is 7.98. The topological polar surface area (TPSA) is 55.2 Å². The van der Waals surface area contributed by atoms with Crippen molar-refractivity contribution in [1.29, 1.82) is 0 Å². The molecule has 0 bridgehead atoms. The number of amides is 1. The lowest BCUT2D eigenvalue weighted by Gasteiger charge is -2.27. The molecule has 1 aliphatic carbocycles. The molecule has 0 aliphatic heterocycles. The molecule has 0 atom stereocenters. The van der Waals surface area contributed by atoms with E-state index in [1.165, 1.54) is 23.9 Å². The fourth-order valence-electron chi connectivity index (χ4n) is 5.21. The highest BCUT2D eigenvalue weighted by Gasteiger charge is 2.23. The number of fused-ring (bicyclic) bond motifs is 1. The largest absolute Gasteiger partial charge is 0.337 e. The first-order chi connectivity index (χ1) is 19.9. The molecular formula is C33H33ClFN3O2S. The standard InChI is InChI=1S/C33H33ClFN3O2S/c1-2-19-37(20-23-7-11-25(12-8-23)26-13-15-27(34)16-14-26)31(39)21-38-30-6-4-3-5-29(30)32(40)36-33(38)41-22-24-9-17-28(35)18-10-24/h7-18H,2-6,19-22H2,1H3. The van der Waals surface area contributed by atoms with Gasteiger partial charge in [0.25, 0.3) is 5.56 Å². The van der Waals surface area contributed by atoms with Crippen LogP contribution in [-0.2, 0) is 36.5 Å². The first kappa shape index (κ1) is 29.1. The van der Waals surface area contributed by atoms with Crippen LogP contribution < -0.4 is 5.56 Å². The van der Waals surface area contributed by atoms with Crippen LogP contribution in [-0.4, -0.2) is 26.9 Å². The molecular weight excluding hydrogens is 557 g/mol. The number of carbonyl (C=O) groups excluding carboxylic acids is 1. The van der Waals surface area contributed by atoms with E-state index in [0.29, 0.717) is 35.4 Å². The average Bonchev–Trinajstić information content (AvgIpc) is 2.99. The van der Waals surface area contributed by atoms with E-state index in [9.17, 15) is 14.0 Å². The van der Waals surface area contributed by atoms with Gasteiger partial charge in [-0.15, -0.1) is 0 Å². The van der Waals surface area contributed by atoms with Gasteiger partial charge in [-0.05, 0) is 78.6 Å². The molecule has 41 heavy (non-hydrogen) atoms. The molecule has 1 aliphatic rings. The van der Waals surface area contributed by atoms with Crippen molar-refractivity contribution in [1.82, 2.24) is 14.5 Å². The number of carbonyl (C=O) groups is 1. The smallest absolute Gasteiger partial charge is 0.277 e. The second-order valence-electron chi connectivity index (χ2n) is 10.4. The third-order valence-electron chi connectivity index (χ3n) is 7.38. The minimum Gasteiger partial charge on any atom is -0.337 e. The van der Waals surface area contributed by atoms with Gasteiger partial charge in [0.1, 0.15) is 12.4 Å². The van der Waals surface area contributed by atoms with Crippen molar-refractivity contribution in [2.24, 2.45) is 0 Å². The Morgan fingerprint density at radius 3 is 2.27 bits per heavy atom. The third-order valence-corrected chi connectivity index (χ3v) is 8.68. The SMILES string of the molecule is CCCN(Cc1ccc(-c2ccc(Cl)cc2)cc1)C(=O)Cn1c(SCc2ccc(F)cc2)nc(=O)c2c1CCCC2. The number of thioether (sulfide) groups is 1. The Morgan fingerprint density at radius 2 is 1.59 bits per heavy atom. The van der Waals surface area contributed by atoms with Crippen molar-refractivity contribution in [2.45, 2.75) is 63.0 Å². The lowest BCUT2D eigenvalue weighted by molar-refractivity contribution is -0.132. The minimum absolute atomic E-state index is 0.00418. The molecule has 1 amide bonds. The summed E-state index contributed by atoms with van der Waals surface area (Å²) in [4.78, 5) is 33.0. The van der Waals surface area contributed by atoms with Crippen LogP contribution in [0.4, 0.5) is 4.39 Å². The first-order valence-electron chi connectivity index (χ1n) is 14.0. The van der Waals surface area contributed by atoms with E-state index in [2.05, 4.69) is 36.2 Å². The normalized spacial score (nSPS) is 12.7. The van der Waals surface area contributed by atoms with E-state index in [0.717, 1.165) is 59.2 Å². The van der Waals surface area contributed by atoms with Gasteiger partial charge in [-0.1, -0.05) is 78.8 Å². The lowest BCUT2D eigenvalue weighted by atomic mass is 9.97. The van der Waals surface area contributed by atoms with Gasteiger partial charge in [0.15, 0.2) is 5.16 Å². The molecule has 0 N–H and O–H groups in total. The summed E-state index contributed by atoms with van der Waals surface area (Å²) >= 11 is 7.45. The zero-order valence-corrected chi connectivity index (χ0v) is 24.7. The van der Waals surface area contributed by atoms with Crippen LogP contribution in [0.1, 0.15) is 48.6 Å². The Hall–Kier alpha value is -3.42. The van der Waals surface area contributed by atoms with Gasteiger partial charge in [0.2, 0.25) is 5.91 Å². The van der Waals surface area contributed by atoms with Crippen molar-refractivity contribution in [3.05, 3.63) is 116 Å². The minimum atomic E-state index is -0.288. The number of halogens is 2. The molecule has 5 rings (SSSR count). The number of hydrogen-bond donors (Lipinski definition) is 0. The van der Waals surface area contributed by atoms with Gasteiger partial charge in [0.05, 0.1) is 0 Å². The lowest BCUT2D eigenvalue weighted by Crippen LogP contribution is -2.36. The van der Waals surface area contributed by atoms with E-state index >= 15 is 0 Å². The van der Waals surface area contributed by atoms with Crippen molar-refractivity contribution >= 4 is 29.3 Å². The van der Waals surface area contributed by atoms with E-state index in [1.807, 2.05) is 33.7 Å². The summed E-state index contributed by atoms with van der Waals surface area (Å²) in [7, 11) is 0.